The minimum atomic E-state index is -5.35. The van der Waals surface area contributed by atoms with E-state index in [4.69, 9.17) is 14.9 Å². The number of amides is 1. The lowest BCUT2D eigenvalue weighted by Crippen LogP contribution is -2.39. The quantitative estimate of drug-likeness (QED) is 0.175. The van der Waals surface area contributed by atoms with Crippen LogP contribution in [0.25, 0.3) is 6.08 Å². The van der Waals surface area contributed by atoms with Crippen molar-refractivity contribution in [1.82, 2.24) is 4.90 Å². The fourth-order valence-corrected chi connectivity index (χ4v) is 5.14. The second kappa shape index (κ2) is 11.6. The Balaban J connectivity index is 1.63. The van der Waals surface area contributed by atoms with Gasteiger partial charge in [-0.05, 0) is 53.5 Å². The fourth-order valence-electron chi connectivity index (χ4n) is 4.10. The van der Waals surface area contributed by atoms with Gasteiger partial charge in [0, 0.05) is 41.2 Å². The van der Waals surface area contributed by atoms with E-state index in [0.29, 0.717) is 29.4 Å². The molecule has 0 atom stereocenters. The van der Waals surface area contributed by atoms with Crippen LogP contribution in [0, 0.1) is 0 Å². The molecule has 0 bridgehead atoms. The number of morpholine rings is 1. The number of hydrogen-bond donors (Lipinski definition) is 3. The second-order valence-corrected chi connectivity index (χ2v) is 9.95. The summed E-state index contributed by atoms with van der Waals surface area (Å²) in [6, 6.07) is 8.02. The number of nitrogens with zero attached hydrogens (tertiary/aromatic N) is 1. The topological polar surface area (TPSA) is 82.0 Å². The Labute approximate surface area is 223 Å². The highest BCUT2D eigenvalue weighted by molar-refractivity contribution is 7.99. The molecule has 1 amide bonds. The van der Waals surface area contributed by atoms with Crippen molar-refractivity contribution in [2.45, 2.75) is 34.9 Å². The number of nitrogens with one attached hydrogen (secondary N) is 1. The van der Waals surface area contributed by atoms with E-state index in [9.17, 15) is 31.1 Å². The van der Waals surface area contributed by atoms with E-state index in [1.807, 2.05) is 0 Å². The van der Waals surface area contributed by atoms with Gasteiger partial charge in [-0.25, -0.2) is 0 Å². The van der Waals surface area contributed by atoms with Gasteiger partial charge in [-0.15, -0.1) is 0 Å². The number of anilines is 1. The average Bonchev–Trinajstić information content (AvgIpc) is 3.66. The van der Waals surface area contributed by atoms with Crippen molar-refractivity contribution >= 4 is 29.4 Å². The smallest absolute Gasteiger partial charge is 0.381 e. The zero-order valence-electron chi connectivity index (χ0n) is 20.3. The highest BCUT2D eigenvalue weighted by atomic mass is 32.2. The van der Waals surface area contributed by atoms with Crippen LogP contribution in [-0.2, 0) is 21.9 Å². The average molecular weight is 575 g/mol. The molecular formula is C26H24F6N2O4S. The number of carbonyl (C=O) groups is 1. The standard InChI is InChI=1S/C26H24F6N2O4S/c27-25(28,29)22-15(5-7-21(35)34-8-10-38-11-9-34)4-6-20(23(22)26(30,31)32)39-18-3-1-2-17(13-18)33-14-16-12-19(16)24(36)37/h1-7,13,24,33,36-37H,8-12,14H2/b7-5+. The van der Waals surface area contributed by atoms with Crippen LogP contribution in [0.4, 0.5) is 32.0 Å². The van der Waals surface area contributed by atoms with Gasteiger partial charge in [0.2, 0.25) is 5.91 Å². The van der Waals surface area contributed by atoms with Gasteiger partial charge in [-0.1, -0.05) is 23.9 Å². The Morgan fingerprint density at radius 2 is 1.74 bits per heavy atom. The van der Waals surface area contributed by atoms with Crippen LogP contribution in [0.15, 0.2) is 63.4 Å². The van der Waals surface area contributed by atoms with Crippen LogP contribution in [0.5, 0.6) is 0 Å². The third kappa shape index (κ3) is 7.35. The molecule has 39 heavy (non-hydrogen) atoms. The first-order valence-corrected chi connectivity index (χ1v) is 12.6. The number of aliphatic hydroxyl groups is 2. The molecule has 210 valence electrons. The summed E-state index contributed by atoms with van der Waals surface area (Å²) < 4.78 is 89.7. The van der Waals surface area contributed by atoms with Gasteiger partial charge in [-0.3, -0.25) is 4.79 Å². The molecule has 0 radical (unpaired) electrons. The van der Waals surface area contributed by atoms with Crippen molar-refractivity contribution < 1.29 is 46.1 Å². The molecule has 2 aliphatic rings. The van der Waals surface area contributed by atoms with Crippen LogP contribution in [0.2, 0.25) is 0 Å². The van der Waals surface area contributed by atoms with Crippen molar-refractivity contribution in [3.63, 3.8) is 0 Å². The van der Waals surface area contributed by atoms with E-state index in [-0.39, 0.29) is 37.7 Å². The minimum Gasteiger partial charge on any atom is -0.381 e. The molecule has 4 rings (SSSR count). The maximum absolute atomic E-state index is 14.1. The summed E-state index contributed by atoms with van der Waals surface area (Å²) in [5.41, 5.74) is -2.69. The number of benzene rings is 2. The van der Waals surface area contributed by atoms with E-state index in [0.717, 1.165) is 29.9 Å². The highest BCUT2D eigenvalue weighted by Gasteiger charge is 2.46. The third-order valence-corrected chi connectivity index (χ3v) is 7.16. The first-order chi connectivity index (χ1) is 18.3. The number of carbonyl (C=O) groups excluding carboxylic acids is 1. The first kappa shape index (κ1) is 29.0. The third-order valence-electron chi connectivity index (χ3n) is 6.11. The predicted octanol–water partition coefficient (Wildman–Crippen LogP) is 5.17. The highest BCUT2D eigenvalue weighted by Crippen LogP contribution is 2.48. The number of rotatable bonds is 8. The van der Waals surface area contributed by atoms with Gasteiger partial charge in [0.25, 0.3) is 0 Å². The van der Waals surface area contributed by atoms with Gasteiger partial charge in [0.1, 0.15) is 0 Å². The molecular weight excluding hydrogens is 550 g/mol. The molecule has 1 heterocycles. The van der Waals surface area contributed by atoms with E-state index in [1.54, 1.807) is 12.1 Å². The summed E-state index contributed by atoms with van der Waals surface area (Å²) >= 11 is 0.532. The molecule has 13 heteroatoms. The summed E-state index contributed by atoms with van der Waals surface area (Å²) in [4.78, 5) is 13.3. The fraction of sp³-hybridized carbons (Fsp3) is 0.346. The van der Waals surface area contributed by atoms with Gasteiger partial charge < -0.3 is 25.2 Å². The molecule has 0 unspecified atom stereocenters. The summed E-state index contributed by atoms with van der Waals surface area (Å²) in [6.07, 6.45) is -10.2. The SMILES string of the molecule is O=C(/C=C/c1ccc(Sc2cccc(NCC3=C(C(O)O)C3)c2)c(C(F)(F)F)c1C(F)(F)F)N1CCOCC1. The molecule has 1 aliphatic carbocycles. The molecule has 0 spiro atoms. The van der Waals surface area contributed by atoms with Crippen LogP contribution >= 0.6 is 11.8 Å². The Bertz CT molecular complexity index is 1280. The summed E-state index contributed by atoms with van der Waals surface area (Å²) in [7, 11) is 0. The van der Waals surface area contributed by atoms with Gasteiger partial charge in [0.05, 0.1) is 24.3 Å². The van der Waals surface area contributed by atoms with Gasteiger partial charge in [-0.2, -0.15) is 26.3 Å². The number of hydrogen-bond acceptors (Lipinski definition) is 6. The van der Waals surface area contributed by atoms with Gasteiger partial charge >= 0.3 is 12.4 Å². The second-order valence-electron chi connectivity index (χ2n) is 8.83. The van der Waals surface area contributed by atoms with E-state index in [2.05, 4.69) is 5.32 Å². The molecule has 6 nitrogen and oxygen atoms in total. The molecule has 0 saturated carbocycles. The zero-order chi connectivity index (χ0) is 28.4. The summed E-state index contributed by atoms with van der Waals surface area (Å²) in [5, 5.41) is 21.3. The van der Waals surface area contributed by atoms with E-state index in [1.165, 1.54) is 17.0 Å². The summed E-state index contributed by atoms with van der Waals surface area (Å²) in [6.45, 7) is 1.28. The van der Waals surface area contributed by atoms with E-state index < -0.39 is 46.1 Å². The Hall–Kier alpha value is -3.00. The van der Waals surface area contributed by atoms with E-state index >= 15 is 0 Å². The minimum absolute atomic E-state index is 0.231. The molecule has 1 fully saturated rings. The van der Waals surface area contributed by atoms with Crippen LogP contribution in [0.1, 0.15) is 23.1 Å². The number of alkyl halides is 6. The molecule has 2 aromatic carbocycles. The number of ether oxygens (including phenoxy) is 1. The Morgan fingerprint density at radius 3 is 2.36 bits per heavy atom. The van der Waals surface area contributed by atoms with Gasteiger partial charge in [0.15, 0.2) is 6.29 Å². The first-order valence-electron chi connectivity index (χ1n) is 11.8. The Morgan fingerprint density at radius 1 is 1.05 bits per heavy atom. The monoisotopic (exact) mass is 574 g/mol. The van der Waals surface area contributed by atoms with Crippen molar-refractivity contribution in [3.05, 3.63) is 70.3 Å². The van der Waals surface area contributed by atoms with Crippen molar-refractivity contribution in [2.75, 3.05) is 38.2 Å². The normalized spacial score (nSPS) is 16.4. The van der Waals surface area contributed by atoms with Crippen LogP contribution in [0.3, 0.4) is 0 Å². The Kier molecular flexibility index (Phi) is 8.64. The largest absolute Gasteiger partial charge is 0.418 e. The maximum Gasteiger partial charge on any atom is 0.418 e. The lowest BCUT2D eigenvalue weighted by molar-refractivity contribution is -0.163. The molecule has 1 saturated heterocycles. The molecule has 1 aliphatic heterocycles. The van der Waals surface area contributed by atoms with Crippen LogP contribution < -0.4 is 5.32 Å². The molecule has 0 aromatic heterocycles. The van der Waals surface area contributed by atoms with Crippen LogP contribution in [-0.4, -0.2) is 60.2 Å². The van der Waals surface area contributed by atoms with Crippen molar-refractivity contribution in [2.24, 2.45) is 0 Å². The van der Waals surface area contributed by atoms with Crippen molar-refractivity contribution in [3.8, 4) is 0 Å². The molecule has 3 N–H and O–H groups in total. The predicted molar refractivity (Wildman–Crippen MR) is 132 cm³/mol. The molecule has 2 aromatic rings. The number of halogens is 6. The lowest BCUT2D eigenvalue weighted by Gasteiger charge is -2.25. The zero-order valence-corrected chi connectivity index (χ0v) is 21.1. The lowest BCUT2D eigenvalue weighted by atomic mass is 9.99. The summed E-state index contributed by atoms with van der Waals surface area (Å²) in [5.74, 6) is -0.620. The number of aliphatic hydroxyl groups excluding tert-OH is 1. The maximum atomic E-state index is 14.1. The van der Waals surface area contributed by atoms with Crippen molar-refractivity contribution in [1.29, 1.82) is 0 Å².